The Hall–Kier alpha value is -8.02. The van der Waals surface area contributed by atoms with Gasteiger partial charge in [-0.15, -0.1) is 0 Å². The Kier molecular flexibility index (Phi) is 18.6. The maximum Gasteiger partial charge on any atom is 0.337 e. The SMILES string of the molecule is NC(=O)c1cccc(C=Nc2ccc(C3CCCNC3)cc2)c1N.NC(=O)c1cccc2cn(-c3ccc(C4CCCNC4)cc3)nc12.O=C(O)[C@H](O)c1ccccc1.O=C(O)[C@H](O)c1ccccc1. The highest BCUT2D eigenvalue weighted by atomic mass is 16.4. The maximum atomic E-state index is 11.5. The summed E-state index contributed by atoms with van der Waals surface area (Å²) >= 11 is 0. The number of hydrogen-bond donors (Lipinski definition) is 9. The average molecular weight is 947 g/mol. The number of carboxylic acid groups (broad SMARTS) is 2. The van der Waals surface area contributed by atoms with E-state index in [0.717, 1.165) is 42.9 Å². The summed E-state index contributed by atoms with van der Waals surface area (Å²) in [5, 5.41) is 47.1. The molecule has 3 heterocycles. The van der Waals surface area contributed by atoms with Crippen molar-refractivity contribution in [1.29, 1.82) is 0 Å². The van der Waals surface area contributed by atoms with Gasteiger partial charge in [0.25, 0.3) is 11.8 Å². The summed E-state index contributed by atoms with van der Waals surface area (Å²) in [5.41, 5.74) is 24.5. The van der Waals surface area contributed by atoms with E-state index in [1.807, 2.05) is 36.5 Å². The van der Waals surface area contributed by atoms with Crippen LogP contribution in [-0.2, 0) is 9.59 Å². The van der Waals surface area contributed by atoms with Gasteiger partial charge < -0.3 is 48.3 Å². The molecule has 7 aromatic rings. The van der Waals surface area contributed by atoms with Gasteiger partial charge in [-0.2, -0.15) is 5.10 Å². The number of primary amides is 2. The number of aliphatic hydroxyl groups is 2. The van der Waals surface area contributed by atoms with Gasteiger partial charge in [0, 0.05) is 36.5 Å². The van der Waals surface area contributed by atoms with Crippen LogP contribution in [0.4, 0.5) is 11.4 Å². The second-order valence-corrected chi connectivity index (χ2v) is 16.7. The van der Waals surface area contributed by atoms with E-state index in [1.54, 1.807) is 89.8 Å². The van der Waals surface area contributed by atoms with E-state index in [9.17, 15) is 19.2 Å². The number of aliphatic hydroxyl groups excluding tert-OH is 2. The molecule has 2 unspecified atom stereocenters. The number of fused-ring (bicyclic) bond motifs is 1. The van der Waals surface area contributed by atoms with Crippen LogP contribution in [0.15, 0.2) is 157 Å². The number of rotatable bonds is 11. The molecule has 2 aliphatic rings. The minimum absolute atomic E-state index is 0.319. The number of anilines is 1. The first kappa shape index (κ1) is 51.4. The molecule has 2 aliphatic heterocycles. The van der Waals surface area contributed by atoms with Gasteiger partial charge in [0.05, 0.1) is 28.2 Å². The third-order valence-corrected chi connectivity index (χ3v) is 11.8. The molecule has 0 aliphatic carbocycles. The topological polar surface area (TPSA) is 282 Å². The lowest BCUT2D eigenvalue weighted by atomic mass is 9.92. The first-order valence-corrected chi connectivity index (χ1v) is 22.8. The number of piperidine rings is 2. The Morgan fingerprint density at radius 3 is 1.59 bits per heavy atom. The van der Waals surface area contributed by atoms with Gasteiger partial charge in [-0.25, -0.2) is 14.3 Å². The fourth-order valence-corrected chi connectivity index (χ4v) is 7.99. The van der Waals surface area contributed by atoms with Crippen molar-refractivity contribution in [3.8, 4) is 5.69 Å². The number of para-hydroxylation sites is 1. The molecule has 12 N–H and O–H groups in total. The molecule has 362 valence electrons. The van der Waals surface area contributed by atoms with Crippen molar-refractivity contribution in [1.82, 2.24) is 20.4 Å². The van der Waals surface area contributed by atoms with E-state index in [2.05, 4.69) is 57.1 Å². The van der Waals surface area contributed by atoms with Crippen molar-refractivity contribution < 1.29 is 39.6 Å². The van der Waals surface area contributed by atoms with Crippen LogP contribution < -0.4 is 27.8 Å². The number of carboxylic acids is 2. The molecule has 9 rings (SSSR count). The first-order valence-electron chi connectivity index (χ1n) is 22.8. The van der Waals surface area contributed by atoms with Gasteiger partial charge >= 0.3 is 11.9 Å². The molecule has 2 fully saturated rings. The summed E-state index contributed by atoms with van der Waals surface area (Å²) in [6, 6.07) is 44.0. The van der Waals surface area contributed by atoms with Gasteiger partial charge in [0.1, 0.15) is 5.52 Å². The number of nitrogens with one attached hydrogen (secondary N) is 2. The van der Waals surface area contributed by atoms with Crippen molar-refractivity contribution in [2.45, 2.75) is 49.7 Å². The van der Waals surface area contributed by atoms with Gasteiger partial charge in [-0.05, 0) is 109 Å². The number of benzene rings is 6. The van der Waals surface area contributed by atoms with Gasteiger partial charge in [-0.3, -0.25) is 14.6 Å². The van der Waals surface area contributed by atoms with E-state index in [0.29, 0.717) is 50.9 Å². The number of nitrogen functional groups attached to an aromatic ring is 1. The van der Waals surface area contributed by atoms with Crippen LogP contribution in [-0.4, -0.2) is 86.4 Å². The van der Waals surface area contributed by atoms with Crippen LogP contribution in [0.3, 0.4) is 0 Å². The average Bonchev–Trinajstić information content (AvgIpc) is 3.84. The van der Waals surface area contributed by atoms with Crippen LogP contribution >= 0.6 is 0 Å². The molecular formula is C54H58N8O8. The minimum atomic E-state index is -1.41. The largest absolute Gasteiger partial charge is 0.479 e. The molecule has 4 atom stereocenters. The molecule has 16 nitrogen and oxygen atoms in total. The Morgan fingerprint density at radius 2 is 1.11 bits per heavy atom. The third kappa shape index (κ3) is 14.3. The number of amides is 2. The second kappa shape index (κ2) is 25.4. The Balaban J connectivity index is 0.000000163. The van der Waals surface area contributed by atoms with Gasteiger partial charge in [0.2, 0.25) is 0 Å². The molecule has 0 bridgehead atoms. The van der Waals surface area contributed by atoms with Crippen LogP contribution in [0.2, 0.25) is 0 Å². The van der Waals surface area contributed by atoms with Crippen LogP contribution in [0, 0.1) is 0 Å². The summed E-state index contributed by atoms with van der Waals surface area (Å²) < 4.78 is 1.81. The monoisotopic (exact) mass is 946 g/mol. The maximum absolute atomic E-state index is 11.5. The van der Waals surface area contributed by atoms with E-state index in [1.165, 1.54) is 36.8 Å². The van der Waals surface area contributed by atoms with E-state index in [-0.39, 0.29) is 0 Å². The molecule has 2 amide bonds. The number of aliphatic carboxylic acids is 2. The molecule has 0 spiro atoms. The Bertz CT molecular complexity index is 2790. The van der Waals surface area contributed by atoms with Crippen molar-refractivity contribution in [2.24, 2.45) is 16.5 Å². The van der Waals surface area contributed by atoms with Crippen LogP contribution in [0.5, 0.6) is 0 Å². The molecule has 1 aromatic heterocycles. The number of carbonyl (C=O) groups is 4. The molecule has 0 radical (unpaired) electrons. The number of hydrogen-bond acceptors (Lipinski definition) is 11. The van der Waals surface area contributed by atoms with Gasteiger partial charge in [-0.1, -0.05) is 109 Å². The highest BCUT2D eigenvalue weighted by Crippen LogP contribution is 2.27. The van der Waals surface area contributed by atoms with E-state index < -0.39 is 36.0 Å². The minimum Gasteiger partial charge on any atom is -0.479 e. The summed E-state index contributed by atoms with van der Waals surface area (Å²) in [7, 11) is 0. The van der Waals surface area contributed by atoms with Crippen molar-refractivity contribution in [3.05, 3.63) is 191 Å². The smallest absolute Gasteiger partial charge is 0.337 e. The van der Waals surface area contributed by atoms with Crippen molar-refractivity contribution in [2.75, 3.05) is 31.9 Å². The highest BCUT2D eigenvalue weighted by Gasteiger charge is 2.18. The zero-order chi connectivity index (χ0) is 50.0. The lowest BCUT2D eigenvalue weighted by molar-refractivity contribution is -0.147. The van der Waals surface area contributed by atoms with E-state index in [4.69, 9.17) is 37.6 Å². The molecule has 16 heteroatoms. The van der Waals surface area contributed by atoms with Gasteiger partial charge in [0.15, 0.2) is 12.2 Å². The molecule has 70 heavy (non-hydrogen) atoms. The second-order valence-electron chi connectivity index (χ2n) is 16.7. The molecular weight excluding hydrogens is 889 g/mol. The number of aliphatic imine (C=N–C) groups is 1. The summed E-state index contributed by atoms with van der Waals surface area (Å²) in [6.07, 6.45) is 5.70. The predicted molar refractivity (Wildman–Crippen MR) is 270 cm³/mol. The number of aromatic nitrogens is 2. The fraction of sp³-hybridized carbons (Fsp3) is 0.222. The molecule has 6 aromatic carbocycles. The van der Waals surface area contributed by atoms with Crippen molar-refractivity contribution in [3.63, 3.8) is 0 Å². The zero-order valence-electron chi connectivity index (χ0n) is 38.5. The lowest BCUT2D eigenvalue weighted by Crippen LogP contribution is -2.28. The Labute approximate surface area is 405 Å². The normalized spacial score (nSPS) is 16.2. The molecule has 2 saturated heterocycles. The lowest BCUT2D eigenvalue weighted by Gasteiger charge is -2.23. The summed E-state index contributed by atoms with van der Waals surface area (Å²) in [6.45, 7) is 4.33. The predicted octanol–water partition coefficient (Wildman–Crippen LogP) is 6.79. The highest BCUT2D eigenvalue weighted by molar-refractivity contribution is 6.05. The first-order chi connectivity index (χ1) is 33.8. The van der Waals surface area contributed by atoms with Crippen molar-refractivity contribution >= 4 is 52.2 Å². The number of carbonyl (C=O) groups excluding carboxylic acids is 2. The third-order valence-electron chi connectivity index (χ3n) is 11.8. The van der Waals surface area contributed by atoms with E-state index >= 15 is 0 Å². The number of nitrogens with zero attached hydrogens (tertiary/aromatic N) is 3. The standard InChI is InChI=1S/C19H20N4O.C19H22N4O.2C8H8O3/c20-19(24)17-5-1-3-15-12-23(22-18(15)17)16-8-6-13(7-9-16)14-4-2-10-21-11-14;20-18-15(3-1-5-17(18)19(21)24)12-23-16-8-6-13(7-9-16)14-4-2-10-22-11-14;2*9-7(8(10)11)6-4-2-1-3-5-6/h1,3,5-9,12,14,21H,2,4,10-11H2,(H2,20,24);1,3,5-9,12,14,22H,2,4,10-11,20H2,(H2,21,24);2*1-5,7,9H,(H,10,11)/t;;2*7-/m..11/s1. The van der Waals surface area contributed by atoms with Crippen LogP contribution in [0.25, 0.3) is 16.6 Å². The molecule has 0 saturated carbocycles. The number of nitrogens with two attached hydrogens (primary N) is 3. The van der Waals surface area contributed by atoms with Crippen LogP contribution in [0.1, 0.15) is 98.3 Å². The fourth-order valence-electron chi connectivity index (χ4n) is 7.99. The summed E-state index contributed by atoms with van der Waals surface area (Å²) in [5.74, 6) is -2.27. The zero-order valence-corrected chi connectivity index (χ0v) is 38.5. The summed E-state index contributed by atoms with van der Waals surface area (Å²) in [4.78, 5) is 47.8. The Morgan fingerprint density at radius 1 is 0.629 bits per heavy atom. The quantitative estimate of drug-likeness (QED) is 0.0479.